The van der Waals surface area contributed by atoms with Crippen molar-refractivity contribution in [3.05, 3.63) is 35.9 Å². The maximum absolute atomic E-state index is 12.3. The predicted molar refractivity (Wildman–Crippen MR) is 92.2 cm³/mol. The molecule has 0 bridgehead atoms. The third-order valence-corrected chi connectivity index (χ3v) is 4.38. The van der Waals surface area contributed by atoms with Gasteiger partial charge in [-0.15, -0.1) is 0 Å². The Labute approximate surface area is 143 Å². The van der Waals surface area contributed by atoms with Crippen molar-refractivity contribution in [1.29, 1.82) is 0 Å². The van der Waals surface area contributed by atoms with Gasteiger partial charge in [0.2, 0.25) is 5.91 Å². The topological polar surface area (TPSA) is 75.9 Å². The third kappa shape index (κ3) is 4.47. The monoisotopic (exact) mass is 333 g/mol. The van der Waals surface area contributed by atoms with Crippen LogP contribution in [0.1, 0.15) is 26.3 Å². The van der Waals surface area contributed by atoms with Gasteiger partial charge in [-0.05, 0) is 18.4 Å². The smallest absolute Gasteiger partial charge is 0.410 e. The van der Waals surface area contributed by atoms with Crippen LogP contribution < -0.4 is 5.73 Å². The fourth-order valence-corrected chi connectivity index (χ4v) is 2.73. The Hall–Kier alpha value is -2.08. The number of hydrogen-bond acceptors (Lipinski definition) is 4. The maximum Gasteiger partial charge on any atom is 0.410 e. The molecule has 2 atom stereocenters. The molecule has 1 aliphatic rings. The molecule has 2 rings (SSSR count). The molecule has 1 fully saturated rings. The van der Waals surface area contributed by atoms with Crippen LogP contribution in [-0.4, -0.2) is 53.5 Å². The zero-order valence-corrected chi connectivity index (χ0v) is 14.6. The SMILES string of the molecule is CC(C)[C@H](N)C(=O)N1CCN(C(=O)OCc2ccccc2)[C@@H](C)C1. The second-order valence-electron chi connectivity index (χ2n) is 6.64. The van der Waals surface area contributed by atoms with Gasteiger partial charge in [0.1, 0.15) is 6.61 Å². The summed E-state index contributed by atoms with van der Waals surface area (Å²) < 4.78 is 5.38. The van der Waals surface area contributed by atoms with Crippen LogP contribution in [0, 0.1) is 5.92 Å². The first-order valence-corrected chi connectivity index (χ1v) is 8.42. The van der Waals surface area contributed by atoms with Crippen LogP contribution in [0.4, 0.5) is 4.79 Å². The van der Waals surface area contributed by atoms with Crippen molar-refractivity contribution in [3.8, 4) is 0 Å². The summed E-state index contributed by atoms with van der Waals surface area (Å²) in [5, 5.41) is 0. The molecular weight excluding hydrogens is 306 g/mol. The van der Waals surface area contributed by atoms with Gasteiger partial charge in [0, 0.05) is 25.7 Å². The number of ether oxygens (including phenoxy) is 1. The van der Waals surface area contributed by atoms with E-state index in [0.29, 0.717) is 19.6 Å². The number of carbonyl (C=O) groups excluding carboxylic acids is 2. The number of piperazine rings is 1. The highest BCUT2D eigenvalue weighted by Gasteiger charge is 2.33. The Morgan fingerprint density at radius 1 is 1.25 bits per heavy atom. The zero-order chi connectivity index (χ0) is 17.7. The lowest BCUT2D eigenvalue weighted by Gasteiger charge is -2.40. The fourth-order valence-electron chi connectivity index (χ4n) is 2.73. The van der Waals surface area contributed by atoms with Gasteiger partial charge >= 0.3 is 6.09 Å². The molecule has 1 aliphatic heterocycles. The summed E-state index contributed by atoms with van der Waals surface area (Å²) in [6.45, 7) is 7.48. The quantitative estimate of drug-likeness (QED) is 0.912. The molecule has 2 amide bonds. The number of carbonyl (C=O) groups is 2. The van der Waals surface area contributed by atoms with Crippen LogP contribution in [-0.2, 0) is 16.1 Å². The minimum Gasteiger partial charge on any atom is -0.445 e. The van der Waals surface area contributed by atoms with Gasteiger partial charge in [0.05, 0.1) is 6.04 Å². The highest BCUT2D eigenvalue weighted by Crippen LogP contribution is 2.14. The van der Waals surface area contributed by atoms with Crippen molar-refractivity contribution in [2.45, 2.75) is 39.5 Å². The molecule has 1 saturated heterocycles. The highest BCUT2D eigenvalue weighted by atomic mass is 16.6. The van der Waals surface area contributed by atoms with Crippen LogP contribution >= 0.6 is 0 Å². The van der Waals surface area contributed by atoms with E-state index in [9.17, 15) is 9.59 Å². The van der Waals surface area contributed by atoms with Crippen LogP contribution in [0.15, 0.2) is 30.3 Å². The molecule has 6 heteroatoms. The predicted octanol–water partition coefficient (Wildman–Crippen LogP) is 1.84. The molecule has 0 saturated carbocycles. The Bertz CT molecular complexity index is 562. The van der Waals surface area contributed by atoms with E-state index >= 15 is 0 Å². The zero-order valence-electron chi connectivity index (χ0n) is 14.6. The molecule has 2 N–H and O–H groups in total. The number of hydrogen-bond donors (Lipinski definition) is 1. The Morgan fingerprint density at radius 3 is 2.50 bits per heavy atom. The van der Waals surface area contributed by atoms with Crippen molar-refractivity contribution >= 4 is 12.0 Å². The lowest BCUT2D eigenvalue weighted by molar-refractivity contribution is -0.136. The largest absolute Gasteiger partial charge is 0.445 e. The maximum atomic E-state index is 12.3. The minimum absolute atomic E-state index is 0.0471. The molecule has 24 heavy (non-hydrogen) atoms. The summed E-state index contributed by atoms with van der Waals surface area (Å²) in [6, 6.07) is 8.99. The van der Waals surface area contributed by atoms with E-state index in [0.717, 1.165) is 5.56 Å². The molecule has 1 aromatic rings. The van der Waals surface area contributed by atoms with E-state index in [2.05, 4.69) is 0 Å². The molecule has 132 valence electrons. The van der Waals surface area contributed by atoms with Crippen molar-refractivity contribution in [1.82, 2.24) is 9.80 Å². The normalized spacial score (nSPS) is 19.3. The number of nitrogens with two attached hydrogens (primary N) is 1. The van der Waals surface area contributed by atoms with Gasteiger partial charge in [0.25, 0.3) is 0 Å². The molecule has 0 unspecified atom stereocenters. The average molecular weight is 333 g/mol. The standard InChI is InChI=1S/C18H27N3O3/c1-13(2)16(19)17(22)20-9-10-21(14(3)11-20)18(23)24-12-15-7-5-4-6-8-15/h4-8,13-14,16H,9-12,19H2,1-3H3/t14-,16-/m0/s1. The van der Waals surface area contributed by atoms with Gasteiger partial charge in [-0.2, -0.15) is 0 Å². The van der Waals surface area contributed by atoms with Gasteiger partial charge in [-0.1, -0.05) is 44.2 Å². The molecule has 0 aromatic heterocycles. The van der Waals surface area contributed by atoms with E-state index in [4.69, 9.17) is 10.5 Å². The molecular formula is C18H27N3O3. The first-order valence-electron chi connectivity index (χ1n) is 8.42. The van der Waals surface area contributed by atoms with Gasteiger partial charge in [-0.3, -0.25) is 4.79 Å². The number of benzene rings is 1. The molecule has 0 radical (unpaired) electrons. The summed E-state index contributed by atoms with van der Waals surface area (Å²) in [5.41, 5.74) is 6.90. The summed E-state index contributed by atoms with van der Waals surface area (Å²) in [4.78, 5) is 28.0. The molecule has 1 heterocycles. The summed E-state index contributed by atoms with van der Waals surface area (Å²) in [7, 11) is 0. The van der Waals surface area contributed by atoms with E-state index in [-0.39, 0.29) is 30.6 Å². The van der Waals surface area contributed by atoms with Crippen LogP contribution in [0.5, 0.6) is 0 Å². The van der Waals surface area contributed by atoms with E-state index in [1.807, 2.05) is 51.1 Å². The van der Waals surface area contributed by atoms with Crippen molar-refractivity contribution in [2.24, 2.45) is 11.7 Å². The van der Waals surface area contributed by atoms with E-state index in [1.54, 1.807) is 9.80 Å². The Balaban J connectivity index is 1.86. The van der Waals surface area contributed by atoms with Crippen molar-refractivity contribution in [2.75, 3.05) is 19.6 Å². The Kier molecular flexibility index (Phi) is 6.20. The number of rotatable bonds is 4. The fraction of sp³-hybridized carbons (Fsp3) is 0.556. The van der Waals surface area contributed by atoms with E-state index < -0.39 is 6.04 Å². The minimum atomic E-state index is -0.492. The highest BCUT2D eigenvalue weighted by molar-refractivity contribution is 5.82. The first kappa shape index (κ1) is 18.3. The molecule has 1 aromatic carbocycles. The molecule has 0 aliphatic carbocycles. The summed E-state index contributed by atoms with van der Waals surface area (Å²) in [6.07, 6.45) is -0.341. The number of amides is 2. The average Bonchev–Trinajstić information content (AvgIpc) is 2.59. The van der Waals surface area contributed by atoms with Gasteiger partial charge in [-0.25, -0.2) is 4.79 Å². The van der Waals surface area contributed by atoms with Crippen LogP contribution in [0.2, 0.25) is 0 Å². The van der Waals surface area contributed by atoms with Crippen LogP contribution in [0.3, 0.4) is 0 Å². The third-order valence-electron chi connectivity index (χ3n) is 4.38. The van der Waals surface area contributed by atoms with Crippen molar-refractivity contribution in [3.63, 3.8) is 0 Å². The summed E-state index contributed by atoms with van der Waals surface area (Å²) >= 11 is 0. The molecule has 6 nitrogen and oxygen atoms in total. The number of nitrogens with zero attached hydrogens (tertiary/aromatic N) is 2. The van der Waals surface area contributed by atoms with Crippen molar-refractivity contribution < 1.29 is 14.3 Å². The second kappa shape index (κ2) is 8.15. The van der Waals surface area contributed by atoms with E-state index in [1.165, 1.54) is 0 Å². The molecule has 0 spiro atoms. The second-order valence-corrected chi connectivity index (χ2v) is 6.64. The van der Waals surface area contributed by atoms with Gasteiger partial charge < -0.3 is 20.3 Å². The van der Waals surface area contributed by atoms with Crippen LogP contribution in [0.25, 0.3) is 0 Å². The van der Waals surface area contributed by atoms with Gasteiger partial charge in [0.15, 0.2) is 0 Å². The summed E-state index contributed by atoms with van der Waals surface area (Å²) in [5.74, 6) is 0.0517. The first-order chi connectivity index (χ1) is 11.4. The Morgan fingerprint density at radius 2 is 1.92 bits per heavy atom. The lowest BCUT2D eigenvalue weighted by atomic mass is 10.0. The lowest BCUT2D eigenvalue weighted by Crippen LogP contribution is -2.58.